The van der Waals surface area contributed by atoms with Gasteiger partial charge in [-0.25, -0.2) is 17.8 Å². The number of hydrogen-bond acceptors (Lipinski definition) is 4. The van der Waals surface area contributed by atoms with Gasteiger partial charge < -0.3 is 5.32 Å². The number of benzene rings is 2. The Morgan fingerprint density at radius 1 is 0.885 bits per heavy atom. The van der Waals surface area contributed by atoms with Gasteiger partial charge in [0.15, 0.2) is 0 Å². The van der Waals surface area contributed by atoms with Crippen molar-refractivity contribution >= 4 is 27.2 Å². The predicted octanol–water partition coefficient (Wildman–Crippen LogP) is 3.95. The molecule has 0 amide bonds. The summed E-state index contributed by atoms with van der Waals surface area (Å²) in [6.07, 6.45) is 1.87. The van der Waals surface area contributed by atoms with E-state index < -0.39 is 10.0 Å². The van der Waals surface area contributed by atoms with Crippen molar-refractivity contribution in [3.63, 3.8) is 0 Å². The van der Waals surface area contributed by atoms with Gasteiger partial charge in [-0.3, -0.25) is 4.72 Å². The molecule has 7 heteroatoms. The van der Waals surface area contributed by atoms with E-state index in [2.05, 4.69) is 15.0 Å². The molecule has 1 aromatic heterocycles. The molecular weight excluding hydrogens is 353 g/mol. The summed E-state index contributed by atoms with van der Waals surface area (Å²) in [5, 5.41) is 3.01. The van der Waals surface area contributed by atoms with Gasteiger partial charge in [0.25, 0.3) is 0 Å². The molecule has 0 saturated carbocycles. The van der Waals surface area contributed by atoms with Crippen LogP contribution in [-0.2, 0) is 16.4 Å². The third kappa shape index (κ3) is 5.29. The largest absolute Gasteiger partial charge is 0.340 e. The first-order valence-electron chi connectivity index (χ1n) is 8.03. The van der Waals surface area contributed by atoms with Gasteiger partial charge in [-0.15, -0.1) is 0 Å². The molecule has 26 heavy (non-hydrogen) atoms. The van der Waals surface area contributed by atoms with Gasteiger partial charge in [0.05, 0.1) is 17.6 Å². The SMILES string of the molecule is O=S(=O)(CCc1ccccc1)Nc1ccc(Nc2ccc(F)cc2)nc1. The lowest BCUT2D eigenvalue weighted by Crippen LogP contribution is -2.18. The van der Waals surface area contributed by atoms with Gasteiger partial charge in [-0.1, -0.05) is 30.3 Å². The Bertz CT molecular complexity index is 944. The van der Waals surface area contributed by atoms with Gasteiger partial charge in [-0.2, -0.15) is 0 Å². The van der Waals surface area contributed by atoms with Crippen LogP contribution in [0.25, 0.3) is 0 Å². The van der Waals surface area contributed by atoms with Crippen LogP contribution in [0.5, 0.6) is 0 Å². The molecule has 2 aromatic carbocycles. The van der Waals surface area contributed by atoms with Gasteiger partial charge in [0, 0.05) is 5.69 Å². The van der Waals surface area contributed by atoms with Crippen LogP contribution in [0.4, 0.5) is 21.6 Å². The van der Waals surface area contributed by atoms with Crippen LogP contribution in [0.2, 0.25) is 0 Å². The third-order valence-electron chi connectivity index (χ3n) is 3.66. The molecule has 0 atom stereocenters. The summed E-state index contributed by atoms with van der Waals surface area (Å²) in [5.41, 5.74) is 2.05. The molecule has 134 valence electrons. The lowest BCUT2D eigenvalue weighted by atomic mass is 10.2. The van der Waals surface area contributed by atoms with Crippen LogP contribution >= 0.6 is 0 Å². The van der Waals surface area contributed by atoms with Crippen LogP contribution in [-0.4, -0.2) is 19.2 Å². The average Bonchev–Trinajstić information content (AvgIpc) is 2.64. The maximum atomic E-state index is 12.9. The minimum atomic E-state index is -3.46. The highest BCUT2D eigenvalue weighted by Gasteiger charge is 2.11. The predicted molar refractivity (Wildman–Crippen MR) is 101 cm³/mol. The quantitative estimate of drug-likeness (QED) is 0.660. The molecule has 3 aromatic rings. The summed E-state index contributed by atoms with van der Waals surface area (Å²) in [6.45, 7) is 0. The summed E-state index contributed by atoms with van der Waals surface area (Å²) in [7, 11) is -3.46. The molecule has 0 unspecified atom stereocenters. The van der Waals surface area contributed by atoms with Crippen molar-refractivity contribution in [3.05, 3.63) is 84.3 Å². The number of pyridine rings is 1. The van der Waals surface area contributed by atoms with Crippen LogP contribution in [0.15, 0.2) is 72.9 Å². The molecule has 0 radical (unpaired) electrons. The summed E-state index contributed by atoms with van der Waals surface area (Å²) in [4.78, 5) is 4.17. The van der Waals surface area contributed by atoms with E-state index in [9.17, 15) is 12.8 Å². The van der Waals surface area contributed by atoms with Crippen molar-refractivity contribution in [2.45, 2.75) is 6.42 Å². The van der Waals surface area contributed by atoms with E-state index in [-0.39, 0.29) is 11.6 Å². The Balaban J connectivity index is 1.58. The van der Waals surface area contributed by atoms with Crippen molar-refractivity contribution < 1.29 is 12.8 Å². The number of anilines is 3. The zero-order valence-electron chi connectivity index (χ0n) is 13.9. The van der Waals surface area contributed by atoms with E-state index in [0.29, 0.717) is 23.6 Å². The second kappa shape index (κ2) is 7.97. The first-order valence-corrected chi connectivity index (χ1v) is 9.68. The summed E-state index contributed by atoms with van der Waals surface area (Å²) in [5.74, 6) is 0.208. The fourth-order valence-electron chi connectivity index (χ4n) is 2.34. The molecule has 0 saturated heterocycles. The van der Waals surface area contributed by atoms with E-state index in [1.165, 1.54) is 18.3 Å². The van der Waals surface area contributed by atoms with Crippen LogP contribution in [0.3, 0.4) is 0 Å². The minimum absolute atomic E-state index is 0.00735. The third-order valence-corrected chi connectivity index (χ3v) is 4.94. The number of rotatable bonds is 7. The van der Waals surface area contributed by atoms with E-state index in [4.69, 9.17) is 0 Å². The molecule has 3 rings (SSSR count). The molecule has 0 spiro atoms. The maximum absolute atomic E-state index is 12.9. The van der Waals surface area contributed by atoms with E-state index in [1.54, 1.807) is 24.3 Å². The van der Waals surface area contributed by atoms with Crippen LogP contribution in [0, 0.1) is 5.82 Å². The summed E-state index contributed by atoms with van der Waals surface area (Å²) >= 11 is 0. The van der Waals surface area contributed by atoms with E-state index in [1.807, 2.05) is 30.3 Å². The Labute approximate surface area is 152 Å². The molecule has 0 aliphatic rings. The Hall–Kier alpha value is -2.93. The van der Waals surface area contributed by atoms with Crippen molar-refractivity contribution in [2.75, 3.05) is 15.8 Å². The molecule has 0 aliphatic heterocycles. The van der Waals surface area contributed by atoms with Gasteiger partial charge in [0.1, 0.15) is 11.6 Å². The van der Waals surface area contributed by atoms with Gasteiger partial charge >= 0.3 is 0 Å². The van der Waals surface area contributed by atoms with Crippen molar-refractivity contribution in [1.82, 2.24) is 4.98 Å². The second-order valence-corrected chi connectivity index (χ2v) is 7.56. The van der Waals surface area contributed by atoms with E-state index >= 15 is 0 Å². The molecule has 0 bridgehead atoms. The van der Waals surface area contributed by atoms with Crippen molar-refractivity contribution in [2.24, 2.45) is 0 Å². The van der Waals surface area contributed by atoms with Crippen molar-refractivity contribution in [1.29, 1.82) is 0 Å². The molecule has 2 N–H and O–H groups in total. The zero-order valence-corrected chi connectivity index (χ0v) is 14.7. The normalized spacial score (nSPS) is 11.1. The highest BCUT2D eigenvalue weighted by Crippen LogP contribution is 2.17. The number of aryl methyl sites for hydroxylation is 1. The zero-order chi connectivity index (χ0) is 18.4. The first kappa shape index (κ1) is 17.9. The van der Waals surface area contributed by atoms with E-state index in [0.717, 1.165) is 5.56 Å². The smallest absolute Gasteiger partial charge is 0.233 e. The topological polar surface area (TPSA) is 71.1 Å². The standard InChI is InChI=1S/C19H18FN3O2S/c20-16-6-8-17(9-7-16)22-19-11-10-18(14-21-19)23-26(24,25)13-12-15-4-2-1-3-5-15/h1-11,14,23H,12-13H2,(H,21,22). The van der Waals surface area contributed by atoms with Gasteiger partial charge in [-0.05, 0) is 48.4 Å². The lowest BCUT2D eigenvalue weighted by molar-refractivity contribution is 0.600. The number of nitrogens with zero attached hydrogens (tertiary/aromatic N) is 1. The molecular formula is C19H18FN3O2S. The van der Waals surface area contributed by atoms with Crippen LogP contribution < -0.4 is 10.0 Å². The highest BCUT2D eigenvalue weighted by molar-refractivity contribution is 7.92. The molecule has 5 nitrogen and oxygen atoms in total. The number of nitrogens with one attached hydrogen (secondary N) is 2. The van der Waals surface area contributed by atoms with Crippen LogP contribution in [0.1, 0.15) is 5.56 Å². The fourth-order valence-corrected chi connectivity index (χ4v) is 3.42. The Morgan fingerprint density at radius 3 is 2.23 bits per heavy atom. The number of aromatic nitrogens is 1. The number of halogens is 1. The Morgan fingerprint density at radius 2 is 1.58 bits per heavy atom. The molecule has 0 fully saturated rings. The summed E-state index contributed by atoms with van der Waals surface area (Å²) in [6, 6.07) is 18.6. The second-order valence-electron chi connectivity index (χ2n) is 5.72. The number of sulfonamides is 1. The summed E-state index contributed by atoms with van der Waals surface area (Å²) < 4.78 is 39.8. The van der Waals surface area contributed by atoms with Gasteiger partial charge in [0.2, 0.25) is 10.0 Å². The minimum Gasteiger partial charge on any atom is -0.340 e. The maximum Gasteiger partial charge on any atom is 0.233 e. The highest BCUT2D eigenvalue weighted by atomic mass is 32.2. The average molecular weight is 371 g/mol. The van der Waals surface area contributed by atoms with Crippen molar-refractivity contribution in [3.8, 4) is 0 Å². The first-order chi connectivity index (χ1) is 12.5. The monoisotopic (exact) mass is 371 g/mol. The number of hydrogen-bond donors (Lipinski definition) is 2. The Kier molecular flexibility index (Phi) is 5.48. The molecule has 1 heterocycles. The fraction of sp³-hybridized carbons (Fsp3) is 0.105. The molecule has 0 aliphatic carbocycles. The lowest BCUT2D eigenvalue weighted by Gasteiger charge is -2.09.